The second-order valence-electron chi connectivity index (χ2n) is 6.63. The number of ether oxygens (including phenoxy) is 2. The zero-order valence-electron chi connectivity index (χ0n) is 16.0. The molecule has 3 rings (SSSR count). The molecule has 0 bridgehead atoms. The predicted molar refractivity (Wildman–Crippen MR) is 103 cm³/mol. The van der Waals surface area contributed by atoms with Crippen LogP contribution in [0.5, 0.6) is 11.5 Å². The molecule has 1 saturated heterocycles. The number of hydrogen-bond acceptors (Lipinski definition) is 7. The third-order valence-electron chi connectivity index (χ3n) is 4.68. The first-order chi connectivity index (χ1) is 13.8. The first-order valence-corrected chi connectivity index (χ1v) is 9.45. The predicted octanol–water partition coefficient (Wildman–Crippen LogP) is 2.12. The molecule has 2 aromatic rings. The molecule has 2 heterocycles. The van der Waals surface area contributed by atoms with Crippen LogP contribution in [0, 0.1) is 5.92 Å². The highest BCUT2D eigenvalue weighted by Gasteiger charge is 2.13. The number of carbonyl (C=O) groups excluding carboxylic acids is 1. The molecule has 150 valence electrons. The van der Waals surface area contributed by atoms with Gasteiger partial charge in [0.15, 0.2) is 11.5 Å². The highest BCUT2D eigenvalue weighted by molar-refractivity contribution is 5.91. The molecule has 28 heavy (non-hydrogen) atoms. The first kappa shape index (κ1) is 20.0. The Hall–Kier alpha value is -2.71. The van der Waals surface area contributed by atoms with Crippen LogP contribution in [0.1, 0.15) is 35.3 Å². The maximum atomic E-state index is 12.0. The molecule has 0 saturated carbocycles. The van der Waals surface area contributed by atoms with Crippen LogP contribution in [-0.4, -0.2) is 42.7 Å². The number of hydrogen-bond donors (Lipinski definition) is 2. The summed E-state index contributed by atoms with van der Waals surface area (Å²) in [6.07, 6.45) is 7.78. The number of amides is 1. The Labute approximate surface area is 164 Å². The first-order valence-electron chi connectivity index (χ1n) is 9.45. The fourth-order valence-corrected chi connectivity index (χ4v) is 3.05. The van der Waals surface area contributed by atoms with Crippen LogP contribution in [0.2, 0.25) is 0 Å². The number of nitrogens with zero attached hydrogens (tertiary/aromatic N) is 2. The Morgan fingerprint density at radius 2 is 2.11 bits per heavy atom. The van der Waals surface area contributed by atoms with Crippen LogP contribution in [0.15, 0.2) is 36.8 Å². The molecule has 1 aliphatic rings. The zero-order valence-corrected chi connectivity index (χ0v) is 16.0. The monoisotopic (exact) mass is 386 g/mol. The van der Waals surface area contributed by atoms with E-state index in [1.807, 2.05) is 12.1 Å². The number of rotatable bonds is 9. The van der Waals surface area contributed by atoms with Crippen molar-refractivity contribution >= 4 is 5.91 Å². The van der Waals surface area contributed by atoms with Crippen LogP contribution in [-0.2, 0) is 11.3 Å². The molecule has 0 radical (unpaired) electrons. The number of hydroxylamine groups is 1. The molecule has 1 aliphatic heterocycles. The van der Waals surface area contributed by atoms with E-state index < -0.39 is 5.91 Å². The van der Waals surface area contributed by atoms with Crippen LogP contribution in [0.4, 0.5) is 0 Å². The third kappa shape index (κ3) is 5.90. The van der Waals surface area contributed by atoms with Crippen molar-refractivity contribution in [3.63, 3.8) is 0 Å². The Morgan fingerprint density at radius 1 is 1.25 bits per heavy atom. The van der Waals surface area contributed by atoms with E-state index in [1.54, 1.807) is 13.2 Å². The second-order valence-corrected chi connectivity index (χ2v) is 6.63. The average molecular weight is 386 g/mol. The number of aromatic nitrogens is 2. The van der Waals surface area contributed by atoms with Crippen LogP contribution in [0.25, 0.3) is 0 Å². The van der Waals surface area contributed by atoms with Gasteiger partial charge in [0.05, 0.1) is 13.3 Å². The van der Waals surface area contributed by atoms with E-state index in [9.17, 15) is 4.79 Å². The largest absolute Gasteiger partial charge is 0.493 e. The Bertz CT molecular complexity index is 751. The molecular formula is C20H26N4O4. The fraction of sp³-hybridized carbons (Fsp3) is 0.450. The molecule has 2 N–H and O–H groups in total. The molecule has 0 spiro atoms. The van der Waals surface area contributed by atoms with Crippen LogP contribution in [0.3, 0.4) is 0 Å². The number of carbonyl (C=O) groups is 1. The van der Waals surface area contributed by atoms with Gasteiger partial charge < -0.3 is 19.6 Å². The van der Waals surface area contributed by atoms with E-state index in [2.05, 4.69) is 20.8 Å². The summed E-state index contributed by atoms with van der Waals surface area (Å²) in [5.41, 5.74) is 3.60. The normalized spacial score (nSPS) is 14.5. The van der Waals surface area contributed by atoms with E-state index in [4.69, 9.17) is 14.3 Å². The van der Waals surface area contributed by atoms with E-state index in [-0.39, 0.29) is 5.69 Å². The number of benzene rings is 1. The van der Waals surface area contributed by atoms with E-state index in [0.29, 0.717) is 11.5 Å². The molecule has 8 heteroatoms. The summed E-state index contributed by atoms with van der Waals surface area (Å²) in [5, 5.41) is 3.47. The van der Waals surface area contributed by atoms with Crippen molar-refractivity contribution in [2.45, 2.75) is 25.8 Å². The highest BCUT2D eigenvalue weighted by atomic mass is 16.7. The second kappa shape index (κ2) is 10.6. The topological polar surface area (TPSA) is 94.6 Å². The molecule has 0 unspecified atom stereocenters. The van der Waals surface area contributed by atoms with Gasteiger partial charge in [0.1, 0.15) is 5.69 Å². The van der Waals surface area contributed by atoms with Crippen molar-refractivity contribution in [3.05, 3.63) is 48.0 Å². The molecule has 1 amide bonds. The minimum Gasteiger partial charge on any atom is -0.493 e. The third-order valence-corrected chi connectivity index (χ3v) is 4.68. The molecule has 0 atom stereocenters. The van der Waals surface area contributed by atoms with Gasteiger partial charge in [0.2, 0.25) is 0 Å². The quantitative estimate of drug-likeness (QED) is 0.503. The summed E-state index contributed by atoms with van der Waals surface area (Å²) in [4.78, 5) is 25.1. The minimum atomic E-state index is -0.478. The Morgan fingerprint density at radius 3 is 2.86 bits per heavy atom. The van der Waals surface area contributed by atoms with Gasteiger partial charge in [0, 0.05) is 32.2 Å². The molecule has 1 fully saturated rings. The van der Waals surface area contributed by atoms with E-state index >= 15 is 0 Å². The zero-order chi connectivity index (χ0) is 19.6. The van der Waals surface area contributed by atoms with Crippen molar-refractivity contribution in [2.24, 2.45) is 5.92 Å². The SMILES string of the molecule is COc1cc(CNCCC2CCOCC2)ccc1ONC(=O)c1cnccn1. The van der Waals surface area contributed by atoms with Gasteiger partial charge in [-0.3, -0.25) is 9.78 Å². The summed E-state index contributed by atoms with van der Waals surface area (Å²) in [6, 6.07) is 5.60. The maximum Gasteiger partial charge on any atom is 0.304 e. The highest BCUT2D eigenvalue weighted by Crippen LogP contribution is 2.27. The summed E-state index contributed by atoms with van der Waals surface area (Å²) < 4.78 is 10.8. The van der Waals surface area contributed by atoms with Gasteiger partial charge in [0.25, 0.3) is 0 Å². The van der Waals surface area contributed by atoms with Gasteiger partial charge in [-0.2, -0.15) is 5.48 Å². The van der Waals surface area contributed by atoms with Crippen molar-refractivity contribution < 1.29 is 19.1 Å². The van der Waals surface area contributed by atoms with Crippen molar-refractivity contribution in [2.75, 3.05) is 26.9 Å². The van der Waals surface area contributed by atoms with Crippen LogP contribution < -0.4 is 20.4 Å². The molecule has 1 aromatic heterocycles. The van der Waals surface area contributed by atoms with E-state index in [0.717, 1.165) is 57.0 Å². The van der Waals surface area contributed by atoms with Crippen molar-refractivity contribution in [1.29, 1.82) is 0 Å². The summed E-state index contributed by atoms with van der Waals surface area (Å²) in [6.45, 7) is 3.48. The Kier molecular flexibility index (Phi) is 7.57. The number of nitrogens with one attached hydrogen (secondary N) is 2. The lowest BCUT2D eigenvalue weighted by Gasteiger charge is -2.22. The maximum absolute atomic E-state index is 12.0. The lowest BCUT2D eigenvalue weighted by molar-refractivity contribution is 0.0639. The van der Waals surface area contributed by atoms with Gasteiger partial charge in [-0.1, -0.05) is 6.07 Å². The molecule has 0 aliphatic carbocycles. The van der Waals surface area contributed by atoms with Gasteiger partial charge in [-0.05, 0) is 49.4 Å². The standard InChI is InChI=1S/C20H26N4O4/c1-26-19-12-16(13-21-7-4-15-5-10-27-11-6-15)2-3-18(19)28-24-20(25)17-14-22-8-9-23-17/h2-3,8-9,12,14-15,21H,4-7,10-11,13H2,1H3,(H,24,25). The minimum absolute atomic E-state index is 0.173. The van der Waals surface area contributed by atoms with E-state index in [1.165, 1.54) is 18.6 Å². The molecule has 8 nitrogen and oxygen atoms in total. The fourth-order valence-electron chi connectivity index (χ4n) is 3.05. The number of methoxy groups -OCH3 is 1. The molecule has 1 aromatic carbocycles. The van der Waals surface area contributed by atoms with Crippen molar-refractivity contribution in [1.82, 2.24) is 20.8 Å². The summed E-state index contributed by atoms with van der Waals surface area (Å²) >= 11 is 0. The molecular weight excluding hydrogens is 360 g/mol. The summed E-state index contributed by atoms with van der Waals surface area (Å²) in [5.74, 6) is 1.24. The van der Waals surface area contributed by atoms with Gasteiger partial charge in [-0.25, -0.2) is 4.98 Å². The summed E-state index contributed by atoms with van der Waals surface area (Å²) in [7, 11) is 1.56. The van der Waals surface area contributed by atoms with Gasteiger partial charge in [-0.15, -0.1) is 0 Å². The van der Waals surface area contributed by atoms with Gasteiger partial charge >= 0.3 is 5.91 Å². The average Bonchev–Trinajstić information content (AvgIpc) is 2.76. The lowest BCUT2D eigenvalue weighted by Crippen LogP contribution is -2.28. The Balaban J connectivity index is 1.47. The lowest BCUT2D eigenvalue weighted by atomic mass is 9.97. The smallest absolute Gasteiger partial charge is 0.304 e. The van der Waals surface area contributed by atoms with Crippen molar-refractivity contribution in [3.8, 4) is 11.5 Å². The van der Waals surface area contributed by atoms with Crippen LogP contribution >= 0.6 is 0 Å².